The Balaban J connectivity index is 0.00000220. The largest absolute Gasteiger partial charge is 0.497 e. The molecule has 0 aromatic heterocycles. The summed E-state index contributed by atoms with van der Waals surface area (Å²) < 4.78 is 31.6. The van der Waals surface area contributed by atoms with Gasteiger partial charge < -0.3 is 10.5 Å². The van der Waals surface area contributed by atoms with Crippen molar-refractivity contribution in [3.63, 3.8) is 0 Å². The second kappa shape index (κ2) is 7.45. The minimum atomic E-state index is -3.40. The zero-order chi connectivity index (χ0) is 14.8. The first-order valence-electron chi connectivity index (χ1n) is 6.85. The van der Waals surface area contributed by atoms with Crippen LogP contribution in [0.1, 0.15) is 19.8 Å². The van der Waals surface area contributed by atoms with Crippen molar-refractivity contribution < 1.29 is 13.2 Å². The topological polar surface area (TPSA) is 72.6 Å². The summed E-state index contributed by atoms with van der Waals surface area (Å²) in [5, 5.41) is 0. The molecule has 0 aliphatic carbocycles. The van der Waals surface area contributed by atoms with Crippen molar-refractivity contribution in [2.75, 3.05) is 20.2 Å². The number of sulfonamides is 1. The number of methoxy groups -OCH3 is 1. The molecule has 5 nitrogen and oxygen atoms in total. The van der Waals surface area contributed by atoms with Crippen LogP contribution in [0.25, 0.3) is 0 Å². The smallest absolute Gasteiger partial charge is 0.243 e. The van der Waals surface area contributed by atoms with Crippen molar-refractivity contribution in [3.8, 4) is 5.75 Å². The van der Waals surface area contributed by atoms with Gasteiger partial charge in [0.25, 0.3) is 0 Å². The zero-order valence-corrected chi connectivity index (χ0v) is 14.0. The first kappa shape index (κ1) is 18.2. The van der Waals surface area contributed by atoms with E-state index in [-0.39, 0.29) is 18.4 Å². The molecule has 1 aromatic carbocycles. The third-order valence-electron chi connectivity index (χ3n) is 3.94. The molecule has 1 unspecified atom stereocenters. The monoisotopic (exact) mass is 334 g/mol. The average Bonchev–Trinajstić information content (AvgIpc) is 2.47. The van der Waals surface area contributed by atoms with E-state index in [1.165, 1.54) is 0 Å². The lowest BCUT2D eigenvalue weighted by Crippen LogP contribution is -2.42. The van der Waals surface area contributed by atoms with Crippen molar-refractivity contribution in [2.45, 2.75) is 30.7 Å². The van der Waals surface area contributed by atoms with E-state index in [4.69, 9.17) is 10.5 Å². The highest BCUT2D eigenvalue weighted by Crippen LogP contribution is 2.26. The van der Waals surface area contributed by atoms with Gasteiger partial charge in [0, 0.05) is 19.1 Å². The first-order chi connectivity index (χ1) is 9.45. The second-order valence-corrected chi connectivity index (χ2v) is 7.21. The third-order valence-corrected chi connectivity index (χ3v) is 5.85. The Morgan fingerprint density at radius 3 is 2.19 bits per heavy atom. The molecule has 7 heteroatoms. The van der Waals surface area contributed by atoms with Crippen LogP contribution in [0.15, 0.2) is 29.2 Å². The van der Waals surface area contributed by atoms with E-state index < -0.39 is 10.0 Å². The third kappa shape index (κ3) is 4.10. The van der Waals surface area contributed by atoms with E-state index in [9.17, 15) is 8.42 Å². The van der Waals surface area contributed by atoms with Gasteiger partial charge in [-0.2, -0.15) is 4.31 Å². The summed E-state index contributed by atoms with van der Waals surface area (Å²) in [5.41, 5.74) is 5.88. The fourth-order valence-corrected chi connectivity index (χ4v) is 4.01. The van der Waals surface area contributed by atoms with Crippen LogP contribution in [-0.2, 0) is 10.0 Å². The van der Waals surface area contributed by atoms with E-state index >= 15 is 0 Å². The standard InChI is InChI=1S/C14H22N2O3S.ClH/c1-11(15)12-7-9-16(10-8-12)20(17,18)14-5-3-13(19-2)4-6-14;/h3-6,11-12H,7-10,15H2,1-2H3;1H. The summed E-state index contributed by atoms with van der Waals surface area (Å²) in [4.78, 5) is 0.317. The van der Waals surface area contributed by atoms with Crippen molar-refractivity contribution in [1.82, 2.24) is 4.31 Å². The van der Waals surface area contributed by atoms with Crippen LogP contribution in [0.3, 0.4) is 0 Å². The molecule has 1 aromatic rings. The van der Waals surface area contributed by atoms with Gasteiger partial charge >= 0.3 is 0 Å². The molecule has 0 spiro atoms. The maximum absolute atomic E-state index is 12.5. The number of piperidine rings is 1. The van der Waals surface area contributed by atoms with Gasteiger partial charge in [-0.15, -0.1) is 12.4 Å². The minimum Gasteiger partial charge on any atom is -0.497 e. The van der Waals surface area contributed by atoms with Gasteiger partial charge in [-0.25, -0.2) is 8.42 Å². The summed E-state index contributed by atoms with van der Waals surface area (Å²) in [6.07, 6.45) is 1.65. The van der Waals surface area contributed by atoms with Gasteiger partial charge in [0.1, 0.15) is 5.75 Å². The number of benzene rings is 1. The first-order valence-corrected chi connectivity index (χ1v) is 8.29. The summed E-state index contributed by atoms with van der Waals surface area (Å²) >= 11 is 0. The van der Waals surface area contributed by atoms with Gasteiger partial charge in [0.15, 0.2) is 0 Å². The highest BCUT2D eigenvalue weighted by molar-refractivity contribution is 7.89. The number of nitrogens with two attached hydrogens (primary N) is 1. The molecule has 1 aliphatic heterocycles. The van der Waals surface area contributed by atoms with Crippen molar-refractivity contribution in [2.24, 2.45) is 11.7 Å². The van der Waals surface area contributed by atoms with E-state index in [0.29, 0.717) is 29.7 Å². The molecule has 0 radical (unpaired) electrons. The molecule has 21 heavy (non-hydrogen) atoms. The van der Waals surface area contributed by atoms with Gasteiger partial charge in [-0.1, -0.05) is 0 Å². The van der Waals surface area contributed by atoms with Crippen molar-refractivity contribution in [3.05, 3.63) is 24.3 Å². The van der Waals surface area contributed by atoms with Crippen LogP contribution in [0.2, 0.25) is 0 Å². The average molecular weight is 335 g/mol. The SMILES string of the molecule is COc1ccc(S(=O)(=O)N2CCC(C(C)N)CC2)cc1.Cl. The fourth-order valence-electron chi connectivity index (χ4n) is 2.54. The molecule has 0 amide bonds. The van der Waals surface area contributed by atoms with Crippen molar-refractivity contribution in [1.29, 1.82) is 0 Å². The number of ether oxygens (including phenoxy) is 1. The highest BCUT2D eigenvalue weighted by atomic mass is 35.5. The molecule has 0 saturated carbocycles. The van der Waals surface area contributed by atoms with Crippen LogP contribution >= 0.6 is 12.4 Å². The molecule has 1 atom stereocenters. The summed E-state index contributed by atoms with van der Waals surface area (Å²) in [7, 11) is -1.84. The molecular weight excluding hydrogens is 312 g/mol. The molecular formula is C14H23ClN2O3S. The Kier molecular flexibility index (Phi) is 6.46. The quantitative estimate of drug-likeness (QED) is 0.912. The van der Waals surface area contributed by atoms with Crippen molar-refractivity contribution >= 4 is 22.4 Å². The number of nitrogens with zero attached hydrogens (tertiary/aromatic N) is 1. The Labute approximate surface area is 132 Å². The fraction of sp³-hybridized carbons (Fsp3) is 0.571. The van der Waals surface area contributed by atoms with Gasteiger partial charge in [-0.3, -0.25) is 0 Å². The lowest BCUT2D eigenvalue weighted by atomic mass is 9.92. The van der Waals surface area contributed by atoms with E-state index in [1.807, 2.05) is 6.92 Å². The zero-order valence-electron chi connectivity index (χ0n) is 12.4. The Bertz CT molecular complexity index is 538. The molecule has 120 valence electrons. The molecule has 1 fully saturated rings. The Morgan fingerprint density at radius 1 is 1.24 bits per heavy atom. The second-order valence-electron chi connectivity index (χ2n) is 5.28. The number of rotatable bonds is 4. The highest BCUT2D eigenvalue weighted by Gasteiger charge is 2.30. The summed E-state index contributed by atoms with van der Waals surface area (Å²) in [6, 6.07) is 6.64. The molecule has 2 N–H and O–H groups in total. The predicted octanol–water partition coefficient (Wildman–Crippen LogP) is 1.86. The van der Waals surface area contributed by atoms with Crippen LogP contribution < -0.4 is 10.5 Å². The molecule has 0 bridgehead atoms. The lowest BCUT2D eigenvalue weighted by molar-refractivity contribution is 0.250. The summed E-state index contributed by atoms with van der Waals surface area (Å²) in [5.74, 6) is 1.07. The molecule has 2 rings (SSSR count). The number of halogens is 1. The van der Waals surface area contributed by atoms with Crippen LogP contribution in [-0.4, -0.2) is 39.0 Å². The normalized spacial score (nSPS) is 18.8. The van der Waals surface area contributed by atoms with Gasteiger partial charge in [0.2, 0.25) is 10.0 Å². The van der Waals surface area contributed by atoms with E-state index in [1.54, 1.807) is 35.7 Å². The molecule has 1 saturated heterocycles. The maximum Gasteiger partial charge on any atom is 0.243 e. The number of hydrogen-bond donors (Lipinski definition) is 1. The minimum absolute atomic E-state index is 0. The number of hydrogen-bond acceptors (Lipinski definition) is 4. The van der Waals surface area contributed by atoms with Gasteiger partial charge in [-0.05, 0) is 49.9 Å². The van der Waals surface area contributed by atoms with Crippen LogP contribution in [0.5, 0.6) is 5.75 Å². The summed E-state index contributed by atoms with van der Waals surface area (Å²) in [6.45, 7) is 3.07. The van der Waals surface area contributed by atoms with E-state index in [0.717, 1.165) is 12.8 Å². The van der Waals surface area contributed by atoms with Crippen LogP contribution in [0, 0.1) is 5.92 Å². The maximum atomic E-state index is 12.5. The van der Waals surface area contributed by atoms with Gasteiger partial charge in [0.05, 0.1) is 12.0 Å². The Morgan fingerprint density at radius 2 is 1.76 bits per heavy atom. The van der Waals surface area contributed by atoms with Crippen LogP contribution in [0.4, 0.5) is 0 Å². The lowest BCUT2D eigenvalue weighted by Gasteiger charge is -2.32. The predicted molar refractivity (Wildman–Crippen MR) is 85.4 cm³/mol. The van der Waals surface area contributed by atoms with E-state index in [2.05, 4.69) is 0 Å². The molecule has 1 aliphatic rings. The molecule has 1 heterocycles. The Hall–Kier alpha value is -0.820.